The van der Waals surface area contributed by atoms with Gasteiger partial charge in [0, 0.05) is 25.7 Å². The number of rotatable bonds is 12. The van der Waals surface area contributed by atoms with E-state index in [1.165, 1.54) is 4.90 Å². The Bertz CT molecular complexity index is 860. The molecular formula is C27H43N3O5. The van der Waals surface area contributed by atoms with Gasteiger partial charge in [-0.2, -0.15) is 0 Å². The topological polar surface area (TPSA) is 90.4 Å². The lowest BCUT2D eigenvalue weighted by Gasteiger charge is -2.39. The summed E-state index contributed by atoms with van der Waals surface area (Å²) in [6.45, 7) is 18.2. The Labute approximate surface area is 210 Å². The third-order valence-electron chi connectivity index (χ3n) is 8.24. The molecule has 1 N–H and O–H groups in total. The Morgan fingerprint density at radius 1 is 1.17 bits per heavy atom. The van der Waals surface area contributed by atoms with Crippen LogP contribution in [0.3, 0.4) is 0 Å². The van der Waals surface area contributed by atoms with Crippen LogP contribution in [0, 0.1) is 11.8 Å². The van der Waals surface area contributed by atoms with E-state index in [0.29, 0.717) is 38.9 Å². The Morgan fingerprint density at radius 3 is 2.34 bits per heavy atom. The molecule has 196 valence electrons. The standard InChI is InChI=1S/C27H43N3O5/c1-8-14-28(15-9-2)23(32)20-21-24(33)30(19(7)17-31)22(25(34)29(16-10-3)18(5)6)27(21)13-12-26(20,11-4)35-27/h8,10,18-22,31H,1,3,9,11-17H2,2,4-7H3/t19-,20-,21+,22?,26+,27?/m1/s1. The van der Waals surface area contributed by atoms with Crippen LogP contribution >= 0.6 is 0 Å². The Hall–Kier alpha value is -2.19. The van der Waals surface area contributed by atoms with Gasteiger partial charge in [-0.15, -0.1) is 13.2 Å². The first-order valence-corrected chi connectivity index (χ1v) is 13.0. The number of ether oxygens (including phenoxy) is 1. The molecule has 2 unspecified atom stereocenters. The van der Waals surface area contributed by atoms with Gasteiger partial charge >= 0.3 is 0 Å². The highest BCUT2D eigenvalue weighted by Crippen LogP contribution is 2.65. The number of carbonyl (C=O) groups is 3. The van der Waals surface area contributed by atoms with E-state index < -0.39 is 35.1 Å². The summed E-state index contributed by atoms with van der Waals surface area (Å²) in [6.07, 6.45) is 5.90. The number of nitrogens with zero attached hydrogens (tertiary/aromatic N) is 3. The number of aliphatic hydroxyl groups is 1. The highest BCUT2D eigenvalue weighted by molar-refractivity contribution is 5.99. The van der Waals surface area contributed by atoms with Gasteiger partial charge < -0.3 is 24.5 Å². The summed E-state index contributed by atoms with van der Waals surface area (Å²) in [5, 5.41) is 10.0. The van der Waals surface area contributed by atoms with Crippen LogP contribution in [0.1, 0.15) is 60.3 Å². The Morgan fingerprint density at radius 2 is 1.83 bits per heavy atom. The summed E-state index contributed by atoms with van der Waals surface area (Å²) in [7, 11) is 0. The molecule has 3 heterocycles. The smallest absolute Gasteiger partial charge is 0.248 e. The molecule has 0 aliphatic carbocycles. The molecule has 35 heavy (non-hydrogen) atoms. The molecule has 0 radical (unpaired) electrons. The van der Waals surface area contributed by atoms with Crippen LogP contribution in [-0.4, -0.2) is 93.1 Å². The van der Waals surface area contributed by atoms with Crippen molar-refractivity contribution in [2.45, 2.75) is 89.6 Å². The van der Waals surface area contributed by atoms with Crippen LogP contribution in [0.25, 0.3) is 0 Å². The van der Waals surface area contributed by atoms with Crippen molar-refractivity contribution < 1.29 is 24.2 Å². The fourth-order valence-electron chi connectivity index (χ4n) is 6.64. The van der Waals surface area contributed by atoms with Crippen molar-refractivity contribution in [3.8, 4) is 0 Å². The van der Waals surface area contributed by atoms with Crippen LogP contribution in [0.15, 0.2) is 25.3 Å². The lowest BCUT2D eigenvalue weighted by Crippen LogP contribution is -2.59. The molecule has 3 aliphatic rings. The number of carbonyl (C=O) groups excluding carboxylic acids is 3. The lowest BCUT2D eigenvalue weighted by molar-refractivity contribution is -0.158. The first kappa shape index (κ1) is 27.4. The average Bonchev–Trinajstić information content (AvgIpc) is 3.44. The molecule has 1 spiro atoms. The van der Waals surface area contributed by atoms with Gasteiger partial charge in [0.25, 0.3) is 0 Å². The minimum Gasteiger partial charge on any atom is -0.394 e. The van der Waals surface area contributed by atoms with Crippen molar-refractivity contribution in [1.29, 1.82) is 0 Å². The molecule has 0 saturated carbocycles. The molecule has 0 aromatic carbocycles. The SMILES string of the molecule is C=CCN(CCC)C(=O)[C@H]1[C@H]2C(=O)N([C@H](C)CO)C(C(=O)N(CC=C)C(C)C)C23CC[C@]1(CC)O3. The van der Waals surface area contributed by atoms with Gasteiger partial charge in [0.1, 0.15) is 11.6 Å². The maximum atomic E-state index is 14.1. The summed E-state index contributed by atoms with van der Waals surface area (Å²) < 4.78 is 6.81. The van der Waals surface area contributed by atoms with Crippen molar-refractivity contribution in [1.82, 2.24) is 14.7 Å². The molecule has 3 aliphatic heterocycles. The highest BCUT2D eigenvalue weighted by atomic mass is 16.5. The monoisotopic (exact) mass is 489 g/mol. The van der Waals surface area contributed by atoms with E-state index in [9.17, 15) is 19.5 Å². The number of likely N-dealkylation sites (tertiary alicyclic amines) is 1. The van der Waals surface area contributed by atoms with Crippen molar-refractivity contribution in [3.05, 3.63) is 25.3 Å². The minimum absolute atomic E-state index is 0.106. The molecule has 8 nitrogen and oxygen atoms in total. The predicted octanol–water partition coefficient (Wildman–Crippen LogP) is 2.37. The first-order chi connectivity index (χ1) is 16.6. The van der Waals surface area contributed by atoms with Gasteiger partial charge in [-0.3, -0.25) is 14.4 Å². The van der Waals surface area contributed by atoms with Crippen LogP contribution in [0.2, 0.25) is 0 Å². The van der Waals surface area contributed by atoms with Crippen molar-refractivity contribution in [3.63, 3.8) is 0 Å². The van der Waals surface area contributed by atoms with Gasteiger partial charge in [0.15, 0.2) is 0 Å². The molecular weight excluding hydrogens is 446 g/mol. The summed E-state index contributed by atoms with van der Waals surface area (Å²) in [5.74, 6) is -2.01. The van der Waals surface area contributed by atoms with Crippen molar-refractivity contribution >= 4 is 17.7 Å². The van der Waals surface area contributed by atoms with Crippen molar-refractivity contribution in [2.75, 3.05) is 26.2 Å². The minimum atomic E-state index is -1.09. The summed E-state index contributed by atoms with van der Waals surface area (Å²) in [6, 6.07) is -1.58. The summed E-state index contributed by atoms with van der Waals surface area (Å²) in [5.41, 5.74) is -1.87. The van der Waals surface area contributed by atoms with Crippen LogP contribution in [-0.2, 0) is 19.1 Å². The van der Waals surface area contributed by atoms with Crippen molar-refractivity contribution in [2.24, 2.45) is 11.8 Å². The van der Waals surface area contributed by atoms with Gasteiger partial charge in [0.2, 0.25) is 17.7 Å². The quantitative estimate of drug-likeness (QED) is 0.425. The van der Waals surface area contributed by atoms with Crippen LogP contribution < -0.4 is 0 Å². The maximum absolute atomic E-state index is 14.1. The van der Waals surface area contributed by atoms with Gasteiger partial charge in [-0.1, -0.05) is 26.0 Å². The van der Waals surface area contributed by atoms with Gasteiger partial charge in [0.05, 0.1) is 30.1 Å². The van der Waals surface area contributed by atoms with E-state index >= 15 is 0 Å². The Kier molecular flexibility index (Phi) is 8.16. The third-order valence-corrected chi connectivity index (χ3v) is 8.24. The van der Waals surface area contributed by atoms with Crippen LogP contribution in [0.4, 0.5) is 0 Å². The second-order valence-electron chi connectivity index (χ2n) is 10.6. The zero-order chi connectivity index (χ0) is 26.1. The molecule has 3 fully saturated rings. The fourth-order valence-corrected chi connectivity index (χ4v) is 6.64. The van der Waals surface area contributed by atoms with E-state index in [2.05, 4.69) is 13.2 Å². The number of hydrogen-bond donors (Lipinski definition) is 1. The molecule has 6 atom stereocenters. The second kappa shape index (κ2) is 10.4. The van der Waals surface area contributed by atoms with E-state index in [1.807, 2.05) is 27.7 Å². The third kappa shape index (κ3) is 4.12. The number of hydrogen-bond acceptors (Lipinski definition) is 5. The molecule has 3 saturated heterocycles. The summed E-state index contributed by atoms with van der Waals surface area (Å²) in [4.78, 5) is 47.2. The van der Waals surface area contributed by atoms with E-state index in [4.69, 9.17) is 4.74 Å². The number of amides is 3. The maximum Gasteiger partial charge on any atom is 0.248 e. The molecule has 3 amide bonds. The molecule has 0 aromatic rings. The highest BCUT2D eigenvalue weighted by Gasteiger charge is 2.79. The van der Waals surface area contributed by atoms with Gasteiger partial charge in [-0.05, 0) is 46.5 Å². The van der Waals surface area contributed by atoms with E-state index in [0.717, 1.165) is 6.42 Å². The molecule has 3 rings (SSSR count). The number of aliphatic hydroxyl groups excluding tert-OH is 1. The second-order valence-corrected chi connectivity index (χ2v) is 10.6. The zero-order valence-electron chi connectivity index (χ0n) is 22.0. The Balaban J connectivity index is 2.15. The molecule has 2 bridgehead atoms. The zero-order valence-corrected chi connectivity index (χ0v) is 22.0. The van der Waals surface area contributed by atoms with Gasteiger partial charge in [-0.25, -0.2) is 0 Å². The molecule has 0 aromatic heterocycles. The first-order valence-electron chi connectivity index (χ1n) is 13.0. The van der Waals surface area contributed by atoms with Crippen LogP contribution in [0.5, 0.6) is 0 Å². The molecule has 8 heteroatoms. The normalized spacial score (nSPS) is 32.0. The lowest BCUT2D eigenvalue weighted by atomic mass is 9.64. The van der Waals surface area contributed by atoms with E-state index in [-0.39, 0.29) is 30.4 Å². The predicted molar refractivity (Wildman–Crippen MR) is 134 cm³/mol. The average molecular weight is 490 g/mol. The van der Waals surface area contributed by atoms with E-state index in [1.54, 1.807) is 28.9 Å². The largest absolute Gasteiger partial charge is 0.394 e. The summed E-state index contributed by atoms with van der Waals surface area (Å²) >= 11 is 0. The fraction of sp³-hybridized carbons (Fsp3) is 0.741. The number of fused-ring (bicyclic) bond motifs is 1.